The van der Waals surface area contributed by atoms with Crippen molar-refractivity contribution in [2.45, 2.75) is 6.54 Å². The average molecular weight is 370 g/mol. The SMILES string of the molecule is COCCN1Cc2cc(C(=O)Nc3ccc(OC)cc3)ccc2OCC1=O. The molecule has 1 N–H and O–H groups in total. The minimum absolute atomic E-state index is 0.0197. The topological polar surface area (TPSA) is 77.1 Å². The number of fused-ring (bicyclic) bond motifs is 1. The first kappa shape index (κ1) is 18.7. The minimum Gasteiger partial charge on any atom is -0.497 e. The molecule has 0 aromatic heterocycles. The van der Waals surface area contributed by atoms with Crippen LogP contribution < -0.4 is 14.8 Å². The Hall–Kier alpha value is -3.06. The Balaban J connectivity index is 1.75. The number of amides is 2. The highest BCUT2D eigenvalue weighted by Crippen LogP contribution is 2.25. The molecule has 2 aromatic rings. The van der Waals surface area contributed by atoms with Gasteiger partial charge in [0.15, 0.2) is 6.61 Å². The number of ether oxygens (including phenoxy) is 3. The molecule has 2 aromatic carbocycles. The molecule has 0 fully saturated rings. The number of hydrogen-bond acceptors (Lipinski definition) is 5. The normalized spacial score (nSPS) is 13.4. The highest BCUT2D eigenvalue weighted by molar-refractivity contribution is 6.04. The van der Waals surface area contributed by atoms with E-state index in [9.17, 15) is 9.59 Å². The summed E-state index contributed by atoms with van der Waals surface area (Å²) in [6.07, 6.45) is 0. The van der Waals surface area contributed by atoms with Crippen LogP contribution in [0.2, 0.25) is 0 Å². The predicted molar refractivity (Wildman–Crippen MR) is 100 cm³/mol. The number of methoxy groups -OCH3 is 2. The monoisotopic (exact) mass is 370 g/mol. The van der Waals surface area contributed by atoms with Gasteiger partial charge in [0.2, 0.25) is 0 Å². The van der Waals surface area contributed by atoms with Crippen LogP contribution in [-0.2, 0) is 16.1 Å². The molecule has 27 heavy (non-hydrogen) atoms. The number of nitrogens with zero attached hydrogens (tertiary/aromatic N) is 1. The van der Waals surface area contributed by atoms with Crippen LogP contribution >= 0.6 is 0 Å². The van der Waals surface area contributed by atoms with Crippen molar-refractivity contribution in [1.29, 1.82) is 0 Å². The molecule has 0 saturated carbocycles. The van der Waals surface area contributed by atoms with Gasteiger partial charge in [-0.3, -0.25) is 9.59 Å². The van der Waals surface area contributed by atoms with Crippen molar-refractivity contribution < 1.29 is 23.8 Å². The molecular weight excluding hydrogens is 348 g/mol. The fraction of sp³-hybridized carbons (Fsp3) is 0.300. The van der Waals surface area contributed by atoms with E-state index >= 15 is 0 Å². The average Bonchev–Trinajstić information content (AvgIpc) is 2.85. The summed E-state index contributed by atoms with van der Waals surface area (Å²) in [5, 5.41) is 2.85. The first-order valence-corrected chi connectivity index (χ1v) is 8.58. The third-order valence-corrected chi connectivity index (χ3v) is 4.30. The quantitative estimate of drug-likeness (QED) is 0.844. The van der Waals surface area contributed by atoms with Crippen molar-refractivity contribution in [2.75, 3.05) is 39.3 Å². The molecule has 1 heterocycles. The lowest BCUT2D eigenvalue weighted by atomic mass is 10.1. The summed E-state index contributed by atoms with van der Waals surface area (Å²) in [4.78, 5) is 26.4. The molecular formula is C20H22N2O5. The maximum absolute atomic E-state index is 12.6. The molecule has 7 heteroatoms. The Morgan fingerprint density at radius 1 is 1.19 bits per heavy atom. The Morgan fingerprint density at radius 3 is 2.67 bits per heavy atom. The Bertz CT molecular complexity index is 820. The third kappa shape index (κ3) is 4.57. The number of nitrogens with one attached hydrogen (secondary N) is 1. The van der Waals surface area contributed by atoms with E-state index in [1.54, 1.807) is 61.6 Å². The van der Waals surface area contributed by atoms with Crippen molar-refractivity contribution in [3.8, 4) is 11.5 Å². The molecule has 2 amide bonds. The van der Waals surface area contributed by atoms with Gasteiger partial charge in [-0.15, -0.1) is 0 Å². The maximum atomic E-state index is 12.6. The Morgan fingerprint density at radius 2 is 1.96 bits per heavy atom. The Labute approximate surface area is 157 Å². The lowest BCUT2D eigenvalue weighted by molar-refractivity contribution is -0.133. The van der Waals surface area contributed by atoms with Gasteiger partial charge in [0.25, 0.3) is 11.8 Å². The highest BCUT2D eigenvalue weighted by Gasteiger charge is 2.22. The van der Waals surface area contributed by atoms with E-state index in [4.69, 9.17) is 14.2 Å². The van der Waals surface area contributed by atoms with E-state index in [-0.39, 0.29) is 18.4 Å². The van der Waals surface area contributed by atoms with Crippen LogP contribution in [0.25, 0.3) is 0 Å². The van der Waals surface area contributed by atoms with Crippen LogP contribution in [-0.4, -0.2) is 50.7 Å². The van der Waals surface area contributed by atoms with Crippen LogP contribution in [0, 0.1) is 0 Å². The third-order valence-electron chi connectivity index (χ3n) is 4.30. The zero-order valence-electron chi connectivity index (χ0n) is 15.4. The molecule has 1 aliphatic rings. The molecule has 0 radical (unpaired) electrons. The fourth-order valence-electron chi connectivity index (χ4n) is 2.79. The molecule has 142 valence electrons. The van der Waals surface area contributed by atoms with E-state index in [0.717, 1.165) is 11.3 Å². The highest BCUT2D eigenvalue weighted by atomic mass is 16.5. The van der Waals surface area contributed by atoms with Gasteiger partial charge >= 0.3 is 0 Å². The standard InChI is InChI=1S/C20H22N2O5/c1-25-10-9-22-12-15-11-14(3-8-18(15)27-13-19(22)23)20(24)21-16-4-6-17(26-2)7-5-16/h3-8,11H,9-10,12-13H2,1-2H3,(H,21,24). The van der Waals surface area contributed by atoms with Gasteiger partial charge in [-0.2, -0.15) is 0 Å². The number of hydrogen-bond donors (Lipinski definition) is 1. The number of carbonyl (C=O) groups is 2. The van der Waals surface area contributed by atoms with Gasteiger partial charge in [-0.25, -0.2) is 0 Å². The zero-order chi connectivity index (χ0) is 19.2. The van der Waals surface area contributed by atoms with Crippen molar-refractivity contribution in [1.82, 2.24) is 4.90 Å². The zero-order valence-corrected chi connectivity index (χ0v) is 15.4. The molecule has 0 spiro atoms. The van der Waals surface area contributed by atoms with Crippen molar-refractivity contribution in [2.24, 2.45) is 0 Å². The summed E-state index contributed by atoms with van der Waals surface area (Å²) in [7, 11) is 3.18. The summed E-state index contributed by atoms with van der Waals surface area (Å²) in [6.45, 7) is 1.27. The molecule has 0 saturated heterocycles. The van der Waals surface area contributed by atoms with Crippen LogP contribution in [0.15, 0.2) is 42.5 Å². The van der Waals surface area contributed by atoms with Gasteiger partial charge in [-0.05, 0) is 42.5 Å². The van der Waals surface area contributed by atoms with Crippen molar-refractivity contribution in [3.63, 3.8) is 0 Å². The lowest BCUT2D eigenvalue weighted by Gasteiger charge is -2.19. The van der Waals surface area contributed by atoms with E-state index in [1.165, 1.54) is 0 Å². The summed E-state index contributed by atoms with van der Waals surface area (Å²) in [6, 6.07) is 12.3. The fourth-order valence-corrected chi connectivity index (χ4v) is 2.79. The van der Waals surface area contributed by atoms with Gasteiger partial charge in [0.1, 0.15) is 11.5 Å². The summed E-state index contributed by atoms with van der Waals surface area (Å²) in [5.74, 6) is 0.995. The minimum atomic E-state index is -0.234. The van der Waals surface area contributed by atoms with Gasteiger partial charge in [-0.1, -0.05) is 0 Å². The van der Waals surface area contributed by atoms with E-state index in [0.29, 0.717) is 36.7 Å². The number of benzene rings is 2. The molecule has 0 atom stereocenters. The smallest absolute Gasteiger partial charge is 0.260 e. The lowest BCUT2D eigenvalue weighted by Crippen LogP contribution is -2.34. The molecule has 3 rings (SSSR count). The van der Waals surface area contributed by atoms with Crippen LogP contribution in [0.4, 0.5) is 5.69 Å². The van der Waals surface area contributed by atoms with E-state index in [2.05, 4.69) is 5.32 Å². The molecule has 0 unspecified atom stereocenters. The Kier molecular flexibility index (Phi) is 5.93. The van der Waals surface area contributed by atoms with Crippen LogP contribution in [0.5, 0.6) is 11.5 Å². The van der Waals surface area contributed by atoms with Crippen molar-refractivity contribution in [3.05, 3.63) is 53.6 Å². The number of anilines is 1. The van der Waals surface area contributed by atoms with Crippen LogP contribution in [0.3, 0.4) is 0 Å². The second-order valence-corrected chi connectivity index (χ2v) is 6.10. The van der Waals surface area contributed by atoms with Gasteiger partial charge < -0.3 is 24.4 Å². The van der Waals surface area contributed by atoms with E-state index < -0.39 is 0 Å². The second-order valence-electron chi connectivity index (χ2n) is 6.10. The first-order chi connectivity index (χ1) is 13.1. The second kappa shape index (κ2) is 8.55. The molecule has 7 nitrogen and oxygen atoms in total. The summed E-state index contributed by atoms with van der Waals surface area (Å²) >= 11 is 0. The van der Waals surface area contributed by atoms with Gasteiger partial charge in [0.05, 0.1) is 13.7 Å². The number of carbonyl (C=O) groups excluding carboxylic acids is 2. The molecule has 0 bridgehead atoms. The summed E-state index contributed by atoms with van der Waals surface area (Å²) in [5.41, 5.74) is 1.96. The maximum Gasteiger partial charge on any atom is 0.260 e. The number of rotatable bonds is 6. The molecule has 1 aliphatic heterocycles. The first-order valence-electron chi connectivity index (χ1n) is 8.58. The predicted octanol–water partition coefficient (Wildman–Crippen LogP) is 2.31. The molecule has 0 aliphatic carbocycles. The summed E-state index contributed by atoms with van der Waals surface area (Å²) < 4.78 is 15.7. The largest absolute Gasteiger partial charge is 0.497 e. The van der Waals surface area contributed by atoms with E-state index in [1.807, 2.05) is 0 Å². The van der Waals surface area contributed by atoms with Crippen molar-refractivity contribution >= 4 is 17.5 Å². The van der Waals surface area contributed by atoms with Crippen LogP contribution in [0.1, 0.15) is 15.9 Å². The van der Waals surface area contributed by atoms with Gasteiger partial charge in [0, 0.05) is 37.0 Å².